The van der Waals surface area contributed by atoms with Crippen LogP contribution >= 0.6 is 10.9 Å². The van der Waals surface area contributed by atoms with Crippen molar-refractivity contribution in [2.24, 2.45) is 0 Å². The summed E-state index contributed by atoms with van der Waals surface area (Å²) in [6, 6.07) is 0. The zero-order valence-electron chi connectivity index (χ0n) is 5.88. The highest BCUT2D eigenvalue weighted by molar-refractivity contribution is 8.22. The molecule has 0 unspecified atom stereocenters. The molecule has 1 aliphatic heterocycles. The van der Waals surface area contributed by atoms with Gasteiger partial charge in [-0.05, 0) is 10.8 Å². The first-order valence-corrected chi connectivity index (χ1v) is 4.84. The Hall–Kier alpha value is -1.09. The average molecular weight is 164 g/mol. The van der Waals surface area contributed by atoms with E-state index in [9.17, 15) is 0 Å². The van der Waals surface area contributed by atoms with Crippen LogP contribution < -0.4 is 0 Å². The molecule has 0 atom stereocenters. The highest BCUT2D eigenvalue weighted by atomic mass is 32.2. The van der Waals surface area contributed by atoms with Crippen molar-refractivity contribution in [3.05, 3.63) is 41.6 Å². The van der Waals surface area contributed by atoms with E-state index in [-0.39, 0.29) is 10.9 Å². The Morgan fingerprint density at radius 2 is 1.91 bits per heavy atom. The quantitative estimate of drug-likeness (QED) is 0.641. The first-order valence-electron chi connectivity index (χ1n) is 3.36. The van der Waals surface area contributed by atoms with E-state index >= 15 is 0 Å². The van der Waals surface area contributed by atoms with Crippen molar-refractivity contribution in [1.82, 2.24) is 9.97 Å². The molecule has 2 heterocycles. The highest BCUT2D eigenvalue weighted by Gasteiger charge is 2.02. The molecule has 1 aromatic rings. The smallest absolute Gasteiger partial charge is 0.102 e. The lowest BCUT2D eigenvalue weighted by molar-refractivity contribution is 1.06. The van der Waals surface area contributed by atoms with E-state index in [4.69, 9.17) is 0 Å². The van der Waals surface area contributed by atoms with E-state index in [0.29, 0.717) is 0 Å². The van der Waals surface area contributed by atoms with Crippen LogP contribution in [-0.4, -0.2) is 9.97 Å². The van der Waals surface area contributed by atoms with Crippen LogP contribution in [-0.2, 0) is 0 Å². The number of hydrogen-bond donors (Lipinski definition) is 1. The van der Waals surface area contributed by atoms with E-state index in [1.165, 1.54) is 0 Å². The van der Waals surface area contributed by atoms with E-state index in [2.05, 4.69) is 32.9 Å². The lowest BCUT2D eigenvalue weighted by atomic mass is 10.6. The molecule has 0 spiro atoms. The summed E-state index contributed by atoms with van der Waals surface area (Å²) in [5.41, 5.74) is 0. The molecule has 0 aliphatic carbocycles. The number of hydrogen-bond acceptors (Lipinski definition) is 2. The monoisotopic (exact) mass is 164 g/mol. The fourth-order valence-electron chi connectivity index (χ4n) is 0.912. The van der Waals surface area contributed by atoms with Crippen LogP contribution in [0.15, 0.2) is 46.6 Å². The molecule has 0 radical (unpaired) electrons. The van der Waals surface area contributed by atoms with Crippen LogP contribution in [0.25, 0.3) is 0 Å². The fraction of sp³-hybridized carbons (Fsp3) is 0. The summed E-state index contributed by atoms with van der Waals surface area (Å²) < 4.78 is 0. The largest absolute Gasteiger partial charge is 0.260 e. The van der Waals surface area contributed by atoms with Crippen LogP contribution in [0.4, 0.5) is 0 Å². The van der Waals surface area contributed by atoms with Crippen LogP contribution in [0, 0.1) is 0 Å². The molecule has 1 aliphatic rings. The van der Waals surface area contributed by atoms with Crippen molar-refractivity contribution in [2.45, 2.75) is 5.03 Å². The van der Waals surface area contributed by atoms with Crippen molar-refractivity contribution in [3.63, 3.8) is 0 Å². The van der Waals surface area contributed by atoms with Gasteiger partial charge < -0.3 is 0 Å². The van der Waals surface area contributed by atoms with Gasteiger partial charge in [0.1, 0.15) is 5.03 Å². The van der Waals surface area contributed by atoms with Gasteiger partial charge in [0.15, 0.2) is 0 Å². The van der Waals surface area contributed by atoms with E-state index < -0.39 is 0 Å². The molecule has 2 rings (SSSR count). The SMILES string of the molecule is C1=C[SH](c2cnccn2)C=C1. The van der Waals surface area contributed by atoms with Gasteiger partial charge >= 0.3 is 0 Å². The maximum atomic E-state index is 4.22. The lowest BCUT2D eigenvalue weighted by Gasteiger charge is -2.06. The Labute approximate surface area is 68.0 Å². The molecule has 1 aromatic heterocycles. The molecule has 0 saturated heterocycles. The van der Waals surface area contributed by atoms with Crippen LogP contribution in [0.2, 0.25) is 0 Å². The minimum Gasteiger partial charge on any atom is -0.260 e. The summed E-state index contributed by atoms with van der Waals surface area (Å²) in [4.78, 5) is 8.24. The minimum absolute atomic E-state index is 0.275. The van der Waals surface area contributed by atoms with Gasteiger partial charge in [0.25, 0.3) is 0 Å². The lowest BCUT2D eigenvalue weighted by Crippen LogP contribution is -1.81. The zero-order valence-corrected chi connectivity index (χ0v) is 6.78. The molecule has 0 fully saturated rings. The molecule has 0 aromatic carbocycles. The van der Waals surface area contributed by atoms with E-state index in [1.807, 2.05) is 6.20 Å². The van der Waals surface area contributed by atoms with Crippen LogP contribution in [0.1, 0.15) is 0 Å². The summed E-state index contributed by atoms with van der Waals surface area (Å²) >= 11 is 0. The van der Waals surface area contributed by atoms with Crippen molar-refractivity contribution in [2.75, 3.05) is 0 Å². The van der Waals surface area contributed by atoms with E-state index in [1.54, 1.807) is 12.4 Å². The first kappa shape index (κ1) is 6.61. The predicted molar refractivity (Wildman–Crippen MR) is 47.6 cm³/mol. The van der Waals surface area contributed by atoms with Gasteiger partial charge in [0.2, 0.25) is 0 Å². The molecule has 2 nitrogen and oxygen atoms in total. The molecule has 0 N–H and O–H groups in total. The summed E-state index contributed by atoms with van der Waals surface area (Å²) in [7, 11) is -0.275. The average Bonchev–Trinajstić information content (AvgIpc) is 2.58. The third-order valence-electron chi connectivity index (χ3n) is 1.42. The summed E-state index contributed by atoms with van der Waals surface area (Å²) in [5.74, 6) is 0. The summed E-state index contributed by atoms with van der Waals surface area (Å²) in [6.45, 7) is 0. The van der Waals surface area contributed by atoms with Crippen molar-refractivity contribution >= 4 is 10.9 Å². The Bertz CT molecular complexity index is 280. The van der Waals surface area contributed by atoms with Crippen molar-refractivity contribution in [1.29, 1.82) is 0 Å². The third-order valence-corrected chi connectivity index (χ3v) is 3.17. The predicted octanol–water partition coefficient (Wildman–Crippen LogP) is 1.88. The molecule has 0 saturated carbocycles. The van der Waals surface area contributed by atoms with Gasteiger partial charge in [-0.25, -0.2) is 4.98 Å². The van der Waals surface area contributed by atoms with Crippen molar-refractivity contribution < 1.29 is 0 Å². The second-order valence-electron chi connectivity index (χ2n) is 2.15. The van der Waals surface area contributed by atoms with Crippen molar-refractivity contribution in [3.8, 4) is 0 Å². The maximum Gasteiger partial charge on any atom is 0.102 e. The van der Waals surface area contributed by atoms with Gasteiger partial charge in [-0.3, -0.25) is 4.98 Å². The number of aromatic nitrogens is 2. The Kier molecular flexibility index (Phi) is 1.73. The fourth-order valence-corrected chi connectivity index (χ4v) is 2.29. The minimum atomic E-state index is -0.275. The second-order valence-corrected chi connectivity index (χ2v) is 4.02. The Balaban J connectivity index is 2.30. The molecule has 0 amide bonds. The van der Waals surface area contributed by atoms with Gasteiger partial charge in [-0.15, -0.1) is 0 Å². The third kappa shape index (κ3) is 1.33. The number of nitrogens with zero attached hydrogens (tertiary/aromatic N) is 2. The van der Waals surface area contributed by atoms with Gasteiger partial charge in [0.05, 0.1) is 6.20 Å². The second kappa shape index (κ2) is 2.88. The standard InChI is InChI=1S/C8H8N2S/c1-2-6-11(5-1)8-7-9-3-4-10-8/h1-7,11H. The highest BCUT2D eigenvalue weighted by Crippen LogP contribution is 2.39. The molecular weight excluding hydrogens is 156 g/mol. The maximum absolute atomic E-state index is 4.22. The molecule has 3 heteroatoms. The van der Waals surface area contributed by atoms with Gasteiger partial charge in [-0.2, -0.15) is 10.9 Å². The van der Waals surface area contributed by atoms with E-state index in [0.717, 1.165) is 5.03 Å². The van der Waals surface area contributed by atoms with Gasteiger partial charge in [0, 0.05) is 12.4 Å². The van der Waals surface area contributed by atoms with Crippen LogP contribution in [0.3, 0.4) is 0 Å². The normalized spacial score (nSPS) is 17.6. The molecule has 11 heavy (non-hydrogen) atoms. The molecule has 0 bridgehead atoms. The number of thiol groups is 1. The Morgan fingerprint density at radius 1 is 1.09 bits per heavy atom. The van der Waals surface area contributed by atoms with Gasteiger partial charge in [-0.1, -0.05) is 12.2 Å². The topological polar surface area (TPSA) is 25.8 Å². The number of allylic oxidation sites excluding steroid dienone is 2. The molecular formula is C8H8N2S. The zero-order chi connectivity index (χ0) is 7.52. The summed E-state index contributed by atoms with van der Waals surface area (Å²) in [6.07, 6.45) is 9.37. The Morgan fingerprint density at radius 3 is 2.55 bits per heavy atom. The summed E-state index contributed by atoms with van der Waals surface area (Å²) in [5, 5.41) is 5.41. The number of rotatable bonds is 1. The molecule has 56 valence electrons. The van der Waals surface area contributed by atoms with Crippen LogP contribution in [0.5, 0.6) is 0 Å². The first-order chi connectivity index (χ1) is 5.47.